The Bertz CT molecular complexity index is 324. The molecule has 0 saturated carbocycles. The van der Waals surface area contributed by atoms with Gasteiger partial charge in [-0.2, -0.15) is 0 Å². The largest absolute Gasteiger partial charge is 0.457 e. The molecule has 0 amide bonds. The van der Waals surface area contributed by atoms with Gasteiger partial charge in [0.25, 0.3) is 0 Å². The molecular weight excluding hydrogens is 231 g/mol. The van der Waals surface area contributed by atoms with Crippen molar-refractivity contribution in [3.63, 3.8) is 0 Å². The number of hydrogen-bond donors (Lipinski definition) is 0. The molecule has 15 heavy (non-hydrogen) atoms. The average Bonchev–Trinajstić information content (AvgIpc) is 2.21. The van der Waals surface area contributed by atoms with E-state index in [9.17, 15) is 0 Å². The van der Waals surface area contributed by atoms with Gasteiger partial charge in [-0.25, -0.2) is 0 Å². The Kier molecular flexibility index (Phi) is 6.59. The smallest absolute Gasteiger partial charge is 0.127 e. The summed E-state index contributed by atoms with van der Waals surface area (Å²) in [5.74, 6) is 1.74. The molecule has 80 valence electrons. The average molecular weight is 243 g/mol. The second kappa shape index (κ2) is 7.16. The Labute approximate surface area is 102 Å². The molecule has 0 aromatic heterocycles. The van der Waals surface area contributed by atoms with Crippen LogP contribution in [0.1, 0.15) is 0 Å². The summed E-state index contributed by atoms with van der Waals surface area (Å²) in [4.78, 5) is 0. The molecule has 0 fully saturated rings. The highest BCUT2D eigenvalue weighted by Gasteiger charge is 1.92. The molecule has 1 nitrogen and oxygen atoms in total. The summed E-state index contributed by atoms with van der Waals surface area (Å²) in [6.07, 6.45) is 0. The molecule has 2 rings (SSSR count). The molecule has 2 aromatic carbocycles. The SMILES string of the molecule is Cl.Cl.c1ccc(Oc2ccccc2)cc1. The third-order valence-corrected chi connectivity index (χ3v) is 1.72. The molecule has 0 saturated heterocycles. The minimum absolute atomic E-state index is 0. The molecule has 0 radical (unpaired) electrons. The second-order valence-electron chi connectivity index (χ2n) is 2.73. The summed E-state index contributed by atoms with van der Waals surface area (Å²) in [5.41, 5.74) is 0. The van der Waals surface area contributed by atoms with Gasteiger partial charge in [-0.3, -0.25) is 0 Å². The highest BCUT2D eigenvalue weighted by atomic mass is 35.5. The Balaban J connectivity index is 0.000000980. The number of rotatable bonds is 2. The first kappa shape index (κ1) is 13.8. The Morgan fingerprint density at radius 3 is 1.20 bits per heavy atom. The van der Waals surface area contributed by atoms with Gasteiger partial charge in [0.05, 0.1) is 0 Å². The molecule has 0 unspecified atom stereocenters. The van der Waals surface area contributed by atoms with Crippen molar-refractivity contribution < 1.29 is 4.74 Å². The first-order valence-electron chi connectivity index (χ1n) is 4.23. The number of hydrogen-bond acceptors (Lipinski definition) is 1. The molecule has 0 spiro atoms. The predicted octanol–water partition coefficient (Wildman–Crippen LogP) is 4.32. The van der Waals surface area contributed by atoms with Crippen LogP contribution in [0.25, 0.3) is 0 Å². The van der Waals surface area contributed by atoms with E-state index in [1.165, 1.54) is 0 Å². The Morgan fingerprint density at radius 2 is 0.867 bits per heavy atom. The summed E-state index contributed by atoms with van der Waals surface area (Å²) in [6, 6.07) is 19.5. The molecule has 0 N–H and O–H groups in total. The van der Waals surface area contributed by atoms with Gasteiger partial charge in [0.15, 0.2) is 0 Å². The zero-order chi connectivity index (χ0) is 8.93. The predicted molar refractivity (Wildman–Crippen MR) is 67.5 cm³/mol. The van der Waals surface area contributed by atoms with Crippen LogP contribution in [0.2, 0.25) is 0 Å². The highest BCUT2D eigenvalue weighted by molar-refractivity contribution is 5.85. The Hall–Kier alpha value is -1.18. The highest BCUT2D eigenvalue weighted by Crippen LogP contribution is 2.19. The van der Waals surface area contributed by atoms with Crippen molar-refractivity contribution >= 4 is 24.8 Å². The van der Waals surface area contributed by atoms with Crippen LogP contribution in [-0.4, -0.2) is 0 Å². The van der Waals surface area contributed by atoms with Crippen molar-refractivity contribution in [3.05, 3.63) is 60.7 Å². The minimum Gasteiger partial charge on any atom is -0.457 e. The van der Waals surface area contributed by atoms with Crippen molar-refractivity contribution in [3.8, 4) is 11.5 Å². The van der Waals surface area contributed by atoms with Gasteiger partial charge in [-0.15, -0.1) is 24.8 Å². The van der Waals surface area contributed by atoms with Crippen molar-refractivity contribution in [2.75, 3.05) is 0 Å². The molecule has 0 atom stereocenters. The molecule has 0 aliphatic heterocycles. The van der Waals surface area contributed by atoms with Crippen LogP contribution in [-0.2, 0) is 0 Å². The molecule has 0 heterocycles. The van der Waals surface area contributed by atoms with Crippen molar-refractivity contribution in [2.24, 2.45) is 0 Å². The fourth-order valence-corrected chi connectivity index (χ4v) is 1.11. The first-order valence-corrected chi connectivity index (χ1v) is 4.23. The number of benzene rings is 2. The van der Waals surface area contributed by atoms with Crippen LogP contribution >= 0.6 is 24.8 Å². The lowest BCUT2D eigenvalue weighted by atomic mass is 10.3. The minimum atomic E-state index is 0. The van der Waals surface area contributed by atoms with E-state index >= 15 is 0 Å². The maximum absolute atomic E-state index is 5.58. The summed E-state index contributed by atoms with van der Waals surface area (Å²) < 4.78 is 5.58. The lowest BCUT2D eigenvalue weighted by Crippen LogP contribution is -1.81. The summed E-state index contributed by atoms with van der Waals surface area (Å²) in [6.45, 7) is 0. The normalized spacial score (nSPS) is 8.27. The van der Waals surface area contributed by atoms with Crippen LogP contribution < -0.4 is 4.74 Å². The van der Waals surface area contributed by atoms with Crippen LogP contribution in [0.4, 0.5) is 0 Å². The monoisotopic (exact) mass is 242 g/mol. The molecule has 0 bridgehead atoms. The molecule has 2 aromatic rings. The van der Waals surface area contributed by atoms with Gasteiger partial charge in [-0.05, 0) is 24.3 Å². The second-order valence-corrected chi connectivity index (χ2v) is 2.73. The van der Waals surface area contributed by atoms with E-state index in [-0.39, 0.29) is 24.8 Å². The van der Waals surface area contributed by atoms with Crippen LogP contribution in [0.3, 0.4) is 0 Å². The van der Waals surface area contributed by atoms with Gasteiger partial charge in [0, 0.05) is 0 Å². The van der Waals surface area contributed by atoms with E-state index in [1.807, 2.05) is 60.7 Å². The quantitative estimate of drug-likeness (QED) is 0.763. The van der Waals surface area contributed by atoms with Crippen LogP contribution in [0.15, 0.2) is 60.7 Å². The fourth-order valence-electron chi connectivity index (χ4n) is 1.11. The maximum Gasteiger partial charge on any atom is 0.127 e. The third-order valence-electron chi connectivity index (χ3n) is 1.72. The summed E-state index contributed by atoms with van der Waals surface area (Å²) in [7, 11) is 0. The van der Waals surface area contributed by atoms with E-state index in [0.29, 0.717) is 0 Å². The zero-order valence-corrected chi connectivity index (χ0v) is 9.63. The molecule has 3 heteroatoms. The van der Waals surface area contributed by atoms with Crippen LogP contribution in [0, 0.1) is 0 Å². The molecule has 0 aliphatic rings. The van der Waals surface area contributed by atoms with Crippen molar-refractivity contribution in [2.45, 2.75) is 0 Å². The lowest BCUT2D eigenvalue weighted by molar-refractivity contribution is 0.482. The Morgan fingerprint density at radius 1 is 0.533 bits per heavy atom. The first-order chi connectivity index (χ1) is 6.45. The van der Waals surface area contributed by atoms with E-state index in [2.05, 4.69) is 0 Å². The van der Waals surface area contributed by atoms with E-state index in [4.69, 9.17) is 4.74 Å². The molecular formula is C12H12Cl2O. The van der Waals surface area contributed by atoms with Gasteiger partial charge in [-0.1, -0.05) is 36.4 Å². The standard InChI is InChI=1S/C12H10O.2ClH/c1-3-7-11(8-4-1)13-12-9-5-2-6-10-12;;/h1-10H;2*1H. The number of ether oxygens (including phenoxy) is 1. The van der Waals surface area contributed by atoms with Gasteiger partial charge in [0.1, 0.15) is 11.5 Å². The maximum atomic E-state index is 5.58. The number of halogens is 2. The third kappa shape index (κ3) is 4.24. The van der Waals surface area contributed by atoms with Crippen LogP contribution in [0.5, 0.6) is 11.5 Å². The van der Waals surface area contributed by atoms with Gasteiger partial charge in [0.2, 0.25) is 0 Å². The van der Waals surface area contributed by atoms with Crippen molar-refractivity contribution in [1.82, 2.24) is 0 Å². The zero-order valence-electron chi connectivity index (χ0n) is 8.00. The van der Waals surface area contributed by atoms with E-state index in [0.717, 1.165) is 11.5 Å². The topological polar surface area (TPSA) is 9.23 Å². The van der Waals surface area contributed by atoms with Crippen molar-refractivity contribution in [1.29, 1.82) is 0 Å². The van der Waals surface area contributed by atoms with Gasteiger partial charge >= 0.3 is 0 Å². The fraction of sp³-hybridized carbons (Fsp3) is 0. The number of para-hydroxylation sites is 2. The van der Waals surface area contributed by atoms with Gasteiger partial charge < -0.3 is 4.74 Å². The van der Waals surface area contributed by atoms with E-state index in [1.54, 1.807) is 0 Å². The summed E-state index contributed by atoms with van der Waals surface area (Å²) >= 11 is 0. The van der Waals surface area contributed by atoms with E-state index < -0.39 is 0 Å². The molecule has 0 aliphatic carbocycles. The lowest BCUT2D eigenvalue weighted by Gasteiger charge is -2.03. The summed E-state index contributed by atoms with van der Waals surface area (Å²) in [5, 5.41) is 0.